The Hall–Kier alpha value is -0.870. The second kappa shape index (κ2) is 7.41. The first-order chi connectivity index (χ1) is 7.76. The van der Waals surface area contributed by atoms with Gasteiger partial charge in [-0.15, -0.1) is 0 Å². The van der Waals surface area contributed by atoms with E-state index in [-0.39, 0.29) is 0 Å². The average Bonchev–Trinajstić information content (AvgIpc) is 2.26. The molecule has 0 aliphatic rings. The molecule has 0 spiro atoms. The fraction of sp³-hybridized carbons (Fsp3) is 0.636. The zero-order chi connectivity index (χ0) is 11.8. The zero-order valence-corrected chi connectivity index (χ0v) is 10.5. The van der Waals surface area contributed by atoms with Crippen molar-refractivity contribution in [1.82, 2.24) is 9.97 Å². The highest BCUT2D eigenvalue weighted by atomic mass is 35.5. The fourth-order valence-electron chi connectivity index (χ4n) is 1.09. The smallest absolute Gasteiger partial charge is 0.218 e. The summed E-state index contributed by atoms with van der Waals surface area (Å²) in [5, 5.41) is 0.385. The van der Waals surface area contributed by atoms with Crippen molar-refractivity contribution >= 4 is 11.6 Å². The first kappa shape index (κ1) is 13.2. The van der Waals surface area contributed by atoms with Crippen LogP contribution in [0.4, 0.5) is 0 Å². The minimum Gasteiger partial charge on any atom is -0.478 e. The highest BCUT2D eigenvalue weighted by molar-refractivity contribution is 6.29. The molecule has 16 heavy (non-hydrogen) atoms. The van der Waals surface area contributed by atoms with E-state index >= 15 is 0 Å². The van der Waals surface area contributed by atoms with Crippen LogP contribution in [0.15, 0.2) is 6.07 Å². The third kappa shape index (κ3) is 4.77. The van der Waals surface area contributed by atoms with Crippen LogP contribution in [0.2, 0.25) is 5.15 Å². The molecule has 4 nitrogen and oxygen atoms in total. The van der Waals surface area contributed by atoms with Crippen LogP contribution >= 0.6 is 11.6 Å². The summed E-state index contributed by atoms with van der Waals surface area (Å²) < 4.78 is 10.7. The lowest BCUT2D eigenvalue weighted by Crippen LogP contribution is -2.04. The molecule has 1 rings (SSSR count). The van der Waals surface area contributed by atoms with Gasteiger partial charge >= 0.3 is 0 Å². The standard InChI is InChI=1S/C11H17ClN2O2/c1-3-5-6-16-11-7-9(12)13-10(14-11)8-15-4-2/h7H,3-6,8H2,1-2H3. The van der Waals surface area contributed by atoms with Crippen molar-refractivity contribution in [1.29, 1.82) is 0 Å². The predicted octanol–water partition coefficient (Wildman–Crippen LogP) is 2.85. The molecule has 0 amide bonds. The molecule has 0 atom stereocenters. The Labute approximate surface area is 101 Å². The summed E-state index contributed by atoms with van der Waals surface area (Å²) in [5.41, 5.74) is 0. The molecule has 0 aliphatic heterocycles. The van der Waals surface area contributed by atoms with Gasteiger partial charge in [-0.3, -0.25) is 0 Å². The third-order valence-corrected chi connectivity index (χ3v) is 2.09. The van der Waals surface area contributed by atoms with Gasteiger partial charge in [0.15, 0.2) is 5.82 Å². The molecule has 0 saturated carbocycles. The Morgan fingerprint density at radius 2 is 2.12 bits per heavy atom. The van der Waals surface area contributed by atoms with Gasteiger partial charge in [0.2, 0.25) is 5.88 Å². The summed E-state index contributed by atoms with van der Waals surface area (Å²) in [6, 6.07) is 1.62. The number of halogens is 1. The van der Waals surface area contributed by atoms with E-state index in [2.05, 4.69) is 16.9 Å². The molecule has 1 heterocycles. The lowest BCUT2D eigenvalue weighted by atomic mass is 10.4. The second-order valence-corrected chi connectivity index (χ2v) is 3.67. The van der Waals surface area contributed by atoms with Crippen molar-refractivity contribution in [3.05, 3.63) is 17.0 Å². The summed E-state index contributed by atoms with van der Waals surface area (Å²) in [6.45, 7) is 5.67. The minimum absolute atomic E-state index is 0.362. The summed E-state index contributed by atoms with van der Waals surface area (Å²) >= 11 is 5.86. The third-order valence-electron chi connectivity index (χ3n) is 1.90. The van der Waals surface area contributed by atoms with Crippen LogP contribution in [0.1, 0.15) is 32.5 Å². The SMILES string of the molecule is CCCCOc1cc(Cl)nc(COCC)n1. The van der Waals surface area contributed by atoms with Crippen molar-refractivity contribution < 1.29 is 9.47 Å². The molecule has 0 aliphatic carbocycles. The molecule has 1 aromatic heterocycles. The number of hydrogen-bond donors (Lipinski definition) is 0. The lowest BCUT2D eigenvalue weighted by molar-refractivity contribution is 0.127. The molecule has 0 fully saturated rings. The Bertz CT molecular complexity index is 321. The Morgan fingerprint density at radius 1 is 1.31 bits per heavy atom. The van der Waals surface area contributed by atoms with Gasteiger partial charge < -0.3 is 9.47 Å². The van der Waals surface area contributed by atoms with Crippen LogP contribution in [-0.2, 0) is 11.3 Å². The average molecular weight is 245 g/mol. The highest BCUT2D eigenvalue weighted by Crippen LogP contribution is 2.14. The van der Waals surface area contributed by atoms with Crippen molar-refractivity contribution in [3.63, 3.8) is 0 Å². The van der Waals surface area contributed by atoms with E-state index in [4.69, 9.17) is 21.1 Å². The molecule has 5 heteroatoms. The van der Waals surface area contributed by atoms with E-state index in [1.54, 1.807) is 6.07 Å². The van der Waals surface area contributed by atoms with Gasteiger partial charge in [-0.1, -0.05) is 24.9 Å². The van der Waals surface area contributed by atoms with Crippen LogP contribution in [-0.4, -0.2) is 23.2 Å². The molecule has 1 aromatic rings. The number of ether oxygens (including phenoxy) is 2. The highest BCUT2D eigenvalue weighted by Gasteiger charge is 2.04. The molecule has 0 N–H and O–H groups in total. The molecule has 90 valence electrons. The van der Waals surface area contributed by atoms with Gasteiger partial charge in [0, 0.05) is 12.7 Å². The van der Waals surface area contributed by atoms with Crippen LogP contribution < -0.4 is 4.74 Å². The van der Waals surface area contributed by atoms with Gasteiger partial charge in [-0.2, -0.15) is 4.98 Å². The van der Waals surface area contributed by atoms with E-state index in [1.165, 1.54) is 0 Å². The summed E-state index contributed by atoms with van der Waals surface area (Å²) in [6.07, 6.45) is 2.09. The predicted molar refractivity (Wildman–Crippen MR) is 62.8 cm³/mol. The molecule has 0 unspecified atom stereocenters. The van der Waals surface area contributed by atoms with E-state index in [0.29, 0.717) is 36.7 Å². The van der Waals surface area contributed by atoms with Gasteiger partial charge in [-0.25, -0.2) is 4.98 Å². The fourth-order valence-corrected chi connectivity index (χ4v) is 1.29. The maximum atomic E-state index is 5.86. The summed E-state index contributed by atoms with van der Waals surface area (Å²) in [4.78, 5) is 8.25. The quantitative estimate of drug-likeness (QED) is 0.547. The number of aromatic nitrogens is 2. The lowest BCUT2D eigenvalue weighted by Gasteiger charge is -2.06. The number of hydrogen-bond acceptors (Lipinski definition) is 4. The van der Waals surface area contributed by atoms with Crippen LogP contribution in [0.25, 0.3) is 0 Å². The van der Waals surface area contributed by atoms with E-state index in [9.17, 15) is 0 Å². The maximum Gasteiger partial charge on any atom is 0.218 e. The van der Waals surface area contributed by atoms with Crippen LogP contribution in [0.5, 0.6) is 5.88 Å². The largest absolute Gasteiger partial charge is 0.478 e. The Morgan fingerprint density at radius 3 is 2.81 bits per heavy atom. The first-order valence-electron chi connectivity index (χ1n) is 5.50. The zero-order valence-electron chi connectivity index (χ0n) is 9.70. The van der Waals surface area contributed by atoms with Gasteiger partial charge in [-0.05, 0) is 13.3 Å². The van der Waals surface area contributed by atoms with Gasteiger partial charge in [0.1, 0.15) is 11.8 Å². The number of nitrogens with zero attached hydrogens (tertiary/aromatic N) is 2. The van der Waals surface area contributed by atoms with Crippen LogP contribution in [0.3, 0.4) is 0 Å². The Balaban J connectivity index is 2.58. The van der Waals surface area contributed by atoms with Gasteiger partial charge in [0.05, 0.1) is 6.61 Å². The molecule has 0 bridgehead atoms. The monoisotopic (exact) mass is 244 g/mol. The van der Waals surface area contributed by atoms with Gasteiger partial charge in [0.25, 0.3) is 0 Å². The molecule has 0 saturated heterocycles. The van der Waals surface area contributed by atoms with Crippen molar-refractivity contribution in [3.8, 4) is 5.88 Å². The van der Waals surface area contributed by atoms with E-state index in [0.717, 1.165) is 12.8 Å². The molecular formula is C11H17ClN2O2. The minimum atomic E-state index is 0.362. The first-order valence-corrected chi connectivity index (χ1v) is 5.88. The van der Waals surface area contributed by atoms with Crippen molar-refractivity contribution in [2.45, 2.75) is 33.3 Å². The van der Waals surface area contributed by atoms with Crippen molar-refractivity contribution in [2.75, 3.05) is 13.2 Å². The molecule has 0 aromatic carbocycles. The topological polar surface area (TPSA) is 44.2 Å². The molecule has 0 radical (unpaired) electrons. The Kier molecular flexibility index (Phi) is 6.11. The number of rotatable bonds is 7. The number of unbranched alkanes of at least 4 members (excludes halogenated alkanes) is 1. The molecular weight excluding hydrogens is 228 g/mol. The van der Waals surface area contributed by atoms with Crippen LogP contribution in [0, 0.1) is 0 Å². The maximum absolute atomic E-state index is 5.86. The normalized spacial score (nSPS) is 10.4. The summed E-state index contributed by atoms with van der Waals surface area (Å²) in [7, 11) is 0. The van der Waals surface area contributed by atoms with E-state index < -0.39 is 0 Å². The van der Waals surface area contributed by atoms with Crippen molar-refractivity contribution in [2.24, 2.45) is 0 Å². The summed E-state index contributed by atoms with van der Waals surface area (Å²) in [5.74, 6) is 1.07. The second-order valence-electron chi connectivity index (χ2n) is 3.28. The van der Waals surface area contributed by atoms with E-state index in [1.807, 2.05) is 6.92 Å².